The first kappa shape index (κ1) is 12.9. The Kier molecular flexibility index (Phi) is 3.33. The second-order valence-electron chi connectivity index (χ2n) is 4.37. The average Bonchev–Trinajstić information content (AvgIpc) is 2.39. The minimum Gasteiger partial charge on any atom is -0.475 e. The molecule has 18 heavy (non-hydrogen) atoms. The molecule has 1 heterocycles. The summed E-state index contributed by atoms with van der Waals surface area (Å²) in [5, 5.41) is 2.60. The number of halogens is 1. The van der Waals surface area contributed by atoms with E-state index in [2.05, 4.69) is 5.32 Å². The number of nitrogens with one attached hydrogen (secondary N) is 1. The zero-order valence-electron chi connectivity index (χ0n) is 10.5. The molecular formula is C13H15BFNO2. The normalized spacial score (nSPS) is 16.7. The molecule has 1 amide bonds. The van der Waals surface area contributed by atoms with Gasteiger partial charge in [-0.15, -0.1) is 0 Å². The van der Waals surface area contributed by atoms with Crippen LogP contribution >= 0.6 is 0 Å². The maximum absolute atomic E-state index is 14.0. The minimum absolute atomic E-state index is 0.0850. The van der Waals surface area contributed by atoms with E-state index >= 15 is 0 Å². The van der Waals surface area contributed by atoms with Gasteiger partial charge in [0.25, 0.3) is 5.91 Å². The molecule has 0 spiro atoms. The first-order valence-electron chi connectivity index (χ1n) is 6.10. The summed E-state index contributed by atoms with van der Waals surface area (Å²) in [7, 11) is 5.43. The van der Waals surface area contributed by atoms with Crippen molar-refractivity contribution in [3.05, 3.63) is 23.5 Å². The van der Waals surface area contributed by atoms with Crippen LogP contribution in [0.2, 0.25) is 0 Å². The molecule has 0 fully saturated rings. The first-order chi connectivity index (χ1) is 8.57. The molecule has 94 valence electrons. The Labute approximate surface area is 107 Å². The molecule has 0 saturated carbocycles. The summed E-state index contributed by atoms with van der Waals surface area (Å²) in [5.41, 5.74) is -0.442. The topological polar surface area (TPSA) is 38.3 Å². The smallest absolute Gasteiger partial charge is 0.268 e. The van der Waals surface area contributed by atoms with E-state index in [4.69, 9.17) is 12.6 Å². The number of ether oxygens (including phenoxy) is 1. The van der Waals surface area contributed by atoms with Gasteiger partial charge in [-0.2, -0.15) is 0 Å². The van der Waals surface area contributed by atoms with Gasteiger partial charge in [-0.25, -0.2) is 4.39 Å². The Morgan fingerprint density at radius 2 is 2.06 bits per heavy atom. The SMILES string of the molecule is [B]Cc1ccc2c(c1F)NC(=O)C(CC)(CC)O2. The number of fused-ring (bicyclic) bond motifs is 1. The van der Waals surface area contributed by atoms with Crippen LogP contribution in [-0.2, 0) is 11.1 Å². The maximum atomic E-state index is 14.0. The maximum Gasteiger partial charge on any atom is 0.268 e. The average molecular weight is 247 g/mol. The van der Waals surface area contributed by atoms with E-state index < -0.39 is 11.4 Å². The third kappa shape index (κ3) is 1.78. The number of benzene rings is 1. The highest BCUT2D eigenvalue weighted by atomic mass is 19.1. The molecule has 2 rings (SSSR count). The van der Waals surface area contributed by atoms with E-state index in [0.717, 1.165) is 0 Å². The number of rotatable bonds is 3. The van der Waals surface area contributed by atoms with E-state index in [0.29, 0.717) is 24.2 Å². The number of amides is 1. The fourth-order valence-electron chi connectivity index (χ4n) is 2.16. The van der Waals surface area contributed by atoms with Gasteiger partial charge in [-0.05, 0) is 24.5 Å². The largest absolute Gasteiger partial charge is 0.475 e. The minimum atomic E-state index is -0.899. The standard InChI is InChI=1S/C13H15BFNO2/c1-3-13(4-2)12(17)16-11-9(18-13)6-5-8(7-14)10(11)15/h5-6H,3-4,7H2,1-2H3,(H,16,17). The van der Waals surface area contributed by atoms with E-state index in [9.17, 15) is 9.18 Å². The van der Waals surface area contributed by atoms with Gasteiger partial charge < -0.3 is 10.1 Å². The van der Waals surface area contributed by atoms with Crippen LogP contribution in [-0.4, -0.2) is 19.4 Å². The molecule has 0 aromatic heterocycles. The van der Waals surface area contributed by atoms with Gasteiger partial charge in [0.15, 0.2) is 11.4 Å². The molecule has 1 aromatic rings. The van der Waals surface area contributed by atoms with Crippen molar-refractivity contribution in [2.24, 2.45) is 0 Å². The summed E-state index contributed by atoms with van der Waals surface area (Å²) in [6.07, 6.45) is 1.16. The molecule has 0 unspecified atom stereocenters. The van der Waals surface area contributed by atoms with Gasteiger partial charge >= 0.3 is 0 Å². The summed E-state index contributed by atoms with van der Waals surface area (Å²) < 4.78 is 19.7. The second-order valence-corrected chi connectivity index (χ2v) is 4.37. The van der Waals surface area contributed by atoms with Crippen LogP contribution in [0.4, 0.5) is 10.1 Å². The van der Waals surface area contributed by atoms with Crippen LogP contribution in [0.15, 0.2) is 12.1 Å². The van der Waals surface area contributed by atoms with E-state index in [1.54, 1.807) is 12.1 Å². The second kappa shape index (κ2) is 4.63. The number of anilines is 1. The van der Waals surface area contributed by atoms with E-state index in [-0.39, 0.29) is 17.9 Å². The highest BCUT2D eigenvalue weighted by molar-refractivity contribution is 6.08. The predicted molar refractivity (Wildman–Crippen MR) is 68.4 cm³/mol. The molecule has 1 aliphatic rings. The third-order valence-corrected chi connectivity index (χ3v) is 3.50. The molecule has 1 N–H and O–H groups in total. The number of carbonyl (C=O) groups excluding carboxylic acids is 1. The van der Waals surface area contributed by atoms with Crippen LogP contribution in [0.1, 0.15) is 32.3 Å². The first-order valence-corrected chi connectivity index (χ1v) is 6.10. The molecular weight excluding hydrogens is 232 g/mol. The van der Waals surface area contributed by atoms with Gasteiger partial charge in [0.1, 0.15) is 11.4 Å². The van der Waals surface area contributed by atoms with Crippen LogP contribution in [0.5, 0.6) is 5.75 Å². The lowest BCUT2D eigenvalue weighted by Crippen LogP contribution is -2.50. The van der Waals surface area contributed by atoms with E-state index in [1.807, 2.05) is 13.8 Å². The number of hydrogen-bond acceptors (Lipinski definition) is 2. The zero-order chi connectivity index (χ0) is 13.3. The Morgan fingerprint density at radius 3 is 2.61 bits per heavy atom. The lowest BCUT2D eigenvalue weighted by atomic mass is 9.92. The van der Waals surface area contributed by atoms with Crippen molar-refractivity contribution in [1.82, 2.24) is 0 Å². The van der Waals surface area contributed by atoms with Crippen molar-refractivity contribution < 1.29 is 13.9 Å². The zero-order valence-corrected chi connectivity index (χ0v) is 10.5. The van der Waals surface area contributed by atoms with Crippen molar-refractivity contribution in [3.63, 3.8) is 0 Å². The van der Waals surface area contributed by atoms with E-state index in [1.165, 1.54) is 0 Å². The Bertz CT molecular complexity index is 486. The van der Waals surface area contributed by atoms with Gasteiger partial charge in [0, 0.05) is 0 Å². The molecule has 1 aliphatic heterocycles. The van der Waals surface area contributed by atoms with Gasteiger partial charge in [0.05, 0.1) is 7.85 Å². The van der Waals surface area contributed by atoms with Crippen molar-refractivity contribution in [2.45, 2.75) is 38.6 Å². The van der Waals surface area contributed by atoms with Gasteiger partial charge in [0.2, 0.25) is 0 Å². The fraction of sp³-hybridized carbons (Fsp3) is 0.462. The number of carbonyl (C=O) groups is 1. The highest BCUT2D eigenvalue weighted by Crippen LogP contribution is 2.39. The van der Waals surface area contributed by atoms with Crippen molar-refractivity contribution in [3.8, 4) is 5.75 Å². The van der Waals surface area contributed by atoms with Crippen LogP contribution < -0.4 is 10.1 Å². The third-order valence-electron chi connectivity index (χ3n) is 3.50. The Hall–Kier alpha value is -1.52. The lowest BCUT2D eigenvalue weighted by Gasteiger charge is -2.36. The molecule has 5 heteroatoms. The molecule has 0 bridgehead atoms. The van der Waals surface area contributed by atoms with Crippen molar-refractivity contribution in [2.75, 3.05) is 5.32 Å². The molecule has 0 atom stereocenters. The molecule has 3 nitrogen and oxygen atoms in total. The lowest BCUT2D eigenvalue weighted by molar-refractivity contribution is -0.133. The highest BCUT2D eigenvalue weighted by Gasteiger charge is 2.42. The Morgan fingerprint density at radius 1 is 1.39 bits per heavy atom. The Balaban J connectivity index is 2.48. The summed E-state index contributed by atoms with van der Waals surface area (Å²) in [5.74, 6) is -0.440. The number of hydrogen-bond donors (Lipinski definition) is 1. The summed E-state index contributed by atoms with van der Waals surface area (Å²) in [6, 6.07) is 3.24. The fourth-order valence-corrected chi connectivity index (χ4v) is 2.16. The van der Waals surface area contributed by atoms with Crippen LogP contribution in [0.3, 0.4) is 0 Å². The quantitative estimate of drug-likeness (QED) is 0.833. The monoisotopic (exact) mass is 247 g/mol. The van der Waals surface area contributed by atoms with Crippen LogP contribution in [0, 0.1) is 5.82 Å². The summed E-state index contributed by atoms with van der Waals surface area (Å²) in [4.78, 5) is 12.1. The van der Waals surface area contributed by atoms with Crippen LogP contribution in [0.25, 0.3) is 0 Å². The van der Waals surface area contributed by atoms with Gasteiger partial charge in [-0.1, -0.05) is 26.2 Å². The molecule has 2 radical (unpaired) electrons. The molecule has 0 aliphatic carbocycles. The van der Waals surface area contributed by atoms with Crippen molar-refractivity contribution >= 4 is 19.4 Å². The van der Waals surface area contributed by atoms with Crippen molar-refractivity contribution in [1.29, 1.82) is 0 Å². The summed E-state index contributed by atoms with van der Waals surface area (Å²) >= 11 is 0. The summed E-state index contributed by atoms with van der Waals surface area (Å²) in [6.45, 7) is 3.75. The molecule has 0 saturated heterocycles. The molecule has 1 aromatic carbocycles. The van der Waals surface area contributed by atoms with Gasteiger partial charge in [-0.3, -0.25) is 4.79 Å². The predicted octanol–water partition coefficient (Wildman–Crippen LogP) is 2.38.